The summed E-state index contributed by atoms with van der Waals surface area (Å²) in [4.78, 5) is 27.1. The lowest BCUT2D eigenvalue weighted by Crippen LogP contribution is -2.39. The zero-order valence-electron chi connectivity index (χ0n) is 20.9. The van der Waals surface area contributed by atoms with Gasteiger partial charge in [0.1, 0.15) is 30.7 Å². The number of carboxylic acid groups (broad SMARTS) is 1. The molecule has 9 nitrogen and oxygen atoms in total. The highest BCUT2D eigenvalue weighted by Crippen LogP contribution is 2.21. The molecule has 1 aliphatic heterocycles. The molecule has 3 aromatic rings. The molecule has 0 spiro atoms. The van der Waals surface area contributed by atoms with Gasteiger partial charge in [0.2, 0.25) is 0 Å². The van der Waals surface area contributed by atoms with E-state index >= 15 is 0 Å². The monoisotopic (exact) mass is 510 g/mol. The SMILES string of the molecule is O=C(O)[C@H](CCN(CCCCc1ccc2c(n1)NCCC2)C[C@H](O)CF)Nc1ncnc2ccccc12. The Bertz CT molecular complexity index is 1170. The number of carbonyl (C=O) groups is 1. The van der Waals surface area contributed by atoms with Gasteiger partial charge in [-0.15, -0.1) is 0 Å². The summed E-state index contributed by atoms with van der Waals surface area (Å²) in [7, 11) is 0. The minimum absolute atomic E-state index is 0.153. The average Bonchev–Trinajstić information content (AvgIpc) is 2.92. The number of nitrogens with one attached hydrogen (secondary N) is 2. The van der Waals surface area contributed by atoms with Gasteiger partial charge in [0, 0.05) is 30.7 Å². The molecule has 0 saturated carbocycles. The van der Waals surface area contributed by atoms with Crippen LogP contribution in [0.4, 0.5) is 16.0 Å². The number of hydrogen-bond donors (Lipinski definition) is 4. The third-order valence-corrected chi connectivity index (χ3v) is 6.64. The van der Waals surface area contributed by atoms with Gasteiger partial charge in [-0.2, -0.15) is 0 Å². The van der Waals surface area contributed by atoms with Crippen molar-refractivity contribution in [2.24, 2.45) is 0 Å². The number of anilines is 2. The van der Waals surface area contributed by atoms with E-state index in [4.69, 9.17) is 4.98 Å². The van der Waals surface area contributed by atoms with Crippen molar-refractivity contribution in [3.63, 3.8) is 0 Å². The van der Waals surface area contributed by atoms with Crippen LogP contribution in [0.15, 0.2) is 42.7 Å². The van der Waals surface area contributed by atoms with Crippen molar-refractivity contribution in [1.29, 1.82) is 0 Å². The first-order valence-electron chi connectivity index (χ1n) is 12.9. The Morgan fingerprint density at radius 2 is 2.03 bits per heavy atom. The first-order valence-corrected chi connectivity index (χ1v) is 12.9. The number of benzene rings is 1. The van der Waals surface area contributed by atoms with E-state index in [9.17, 15) is 19.4 Å². The maximum Gasteiger partial charge on any atom is 0.326 e. The molecule has 10 heteroatoms. The van der Waals surface area contributed by atoms with Gasteiger partial charge in [-0.25, -0.2) is 24.1 Å². The van der Waals surface area contributed by atoms with Gasteiger partial charge < -0.3 is 25.7 Å². The van der Waals surface area contributed by atoms with E-state index < -0.39 is 24.8 Å². The van der Waals surface area contributed by atoms with Crippen LogP contribution in [0, 0.1) is 0 Å². The fourth-order valence-corrected chi connectivity index (χ4v) is 4.64. The third-order valence-electron chi connectivity index (χ3n) is 6.64. The minimum atomic E-state index is -1.10. The molecule has 4 N–H and O–H groups in total. The van der Waals surface area contributed by atoms with Gasteiger partial charge in [0.15, 0.2) is 0 Å². The lowest BCUT2D eigenvalue weighted by Gasteiger charge is -2.26. The summed E-state index contributed by atoms with van der Waals surface area (Å²) in [6.07, 6.45) is 5.30. The number of fused-ring (bicyclic) bond motifs is 2. The Hall–Kier alpha value is -3.37. The number of nitrogens with zero attached hydrogens (tertiary/aromatic N) is 4. The highest BCUT2D eigenvalue weighted by atomic mass is 19.1. The maximum atomic E-state index is 13.0. The van der Waals surface area contributed by atoms with Crippen LogP contribution in [0.2, 0.25) is 0 Å². The topological polar surface area (TPSA) is 124 Å². The van der Waals surface area contributed by atoms with Crippen LogP contribution in [0.25, 0.3) is 10.9 Å². The van der Waals surface area contributed by atoms with Crippen molar-refractivity contribution in [1.82, 2.24) is 19.9 Å². The highest BCUT2D eigenvalue weighted by Gasteiger charge is 2.21. The molecule has 2 atom stereocenters. The Morgan fingerprint density at radius 3 is 2.86 bits per heavy atom. The fraction of sp³-hybridized carbons (Fsp3) is 0.481. The van der Waals surface area contributed by atoms with Crippen molar-refractivity contribution in [3.05, 3.63) is 54.0 Å². The second kappa shape index (κ2) is 13.3. The number of unbranched alkanes of at least 4 members (excludes halogenated alkanes) is 1. The van der Waals surface area contributed by atoms with Crippen LogP contribution in [0.1, 0.15) is 36.9 Å². The number of aromatic nitrogens is 3. The highest BCUT2D eigenvalue weighted by molar-refractivity contribution is 5.90. The number of alkyl halides is 1. The number of para-hydroxylation sites is 1. The second-order valence-electron chi connectivity index (χ2n) is 9.47. The standard InChI is InChI=1S/C27H35FN6O3/c28-16-21(35)17-34(14-4-3-7-20-11-10-19-6-5-13-29-25(19)32-20)15-12-24(27(36)37)33-26-22-8-1-2-9-23(22)30-18-31-26/h1-2,8-11,18,21,24,35H,3-7,12-17H2,(H,29,32)(H,36,37)(H,30,31,33)/t21-,24+/m1/s1. The molecular formula is C27H35FN6O3. The van der Waals surface area contributed by atoms with E-state index in [2.05, 4.69) is 32.7 Å². The predicted molar refractivity (Wildman–Crippen MR) is 142 cm³/mol. The quantitative estimate of drug-likeness (QED) is 0.242. The molecule has 2 aromatic heterocycles. The number of aryl methyl sites for hydroxylation is 2. The van der Waals surface area contributed by atoms with E-state index in [1.54, 1.807) is 0 Å². The molecule has 1 aromatic carbocycles. The van der Waals surface area contributed by atoms with Crippen LogP contribution in [0.5, 0.6) is 0 Å². The molecular weight excluding hydrogens is 475 g/mol. The first kappa shape index (κ1) is 26.7. The number of aliphatic hydroxyl groups is 1. The van der Waals surface area contributed by atoms with E-state index in [1.165, 1.54) is 11.9 Å². The number of pyridine rings is 1. The lowest BCUT2D eigenvalue weighted by molar-refractivity contribution is -0.138. The van der Waals surface area contributed by atoms with E-state index in [0.717, 1.165) is 61.1 Å². The summed E-state index contributed by atoms with van der Waals surface area (Å²) < 4.78 is 13.0. The number of rotatable bonds is 14. The molecule has 0 bridgehead atoms. The second-order valence-corrected chi connectivity index (χ2v) is 9.47. The molecule has 37 heavy (non-hydrogen) atoms. The number of halogens is 1. The van der Waals surface area contributed by atoms with Gasteiger partial charge in [-0.3, -0.25) is 0 Å². The average molecular weight is 511 g/mol. The molecule has 3 heterocycles. The summed E-state index contributed by atoms with van der Waals surface area (Å²) >= 11 is 0. The van der Waals surface area contributed by atoms with Crippen molar-refractivity contribution in [2.75, 3.05) is 43.5 Å². The number of aliphatic carboxylic acids is 1. The summed E-state index contributed by atoms with van der Waals surface area (Å²) in [5.41, 5.74) is 3.02. The summed E-state index contributed by atoms with van der Waals surface area (Å²) in [5, 5.41) is 26.9. The third kappa shape index (κ3) is 7.56. The number of carboxylic acids is 1. The minimum Gasteiger partial charge on any atom is -0.480 e. The molecule has 0 saturated heterocycles. The first-order chi connectivity index (χ1) is 18.0. The number of hydrogen-bond acceptors (Lipinski definition) is 8. The predicted octanol–water partition coefficient (Wildman–Crippen LogP) is 3.29. The fourth-order valence-electron chi connectivity index (χ4n) is 4.64. The molecule has 1 aliphatic rings. The zero-order valence-corrected chi connectivity index (χ0v) is 20.9. The van der Waals surface area contributed by atoms with E-state index in [0.29, 0.717) is 18.9 Å². The van der Waals surface area contributed by atoms with Crippen LogP contribution in [0.3, 0.4) is 0 Å². The molecule has 0 radical (unpaired) electrons. The van der Waals surface area contributed by atoms with Crippen LogP contribution in [-0.2, 0) is 17.6 Å². The van der Waals surface area contributed by atoms with Crippen molar-refractivity contribution in [3.8, 4) is 0 Å². The van der Waals surface area contributed by atoms with Crippen LogP contribution >= 0.6 is 0 Å². The van der Waals surface area contributed by atoms with Gasteiger partial charge in [-0.05, 0) is 68.8 Å². The van der Waals surface area contributed by atoms with E-state index in [-0.39, 0.29) is 13.0 Å². The van der Waals surface area contributed by atoms with Gasteiger partial charge in [0.05, 0.1) is 11.6 Å². The number of aliphatic hydroxyl groups excluding tert-OH is 1. The maximum absolute atomic E-state index is 13.0. The van der Waals surface area contributed by atoms with Crippen molar-refractivity contribution < 1.29 is 19.4 Å². The zero-order chi connectivity index (χ0) is 26.0. The summed E-state index contributed by atoms with van der Waals surface area (Å²) in [6.45, 7) is 1.29. The molecule has 4 rings (SSSR count). The Kier molecular flexibility index (Phi) is 9.56. The molecule has 198 valence electrons. The Labute approximate surface area is 216 Å². The van der Waals surface area contributed by atoms with Crippen molar-refractivity contribution >= 4 is 28.5 Å². The summed E-state index contributed by atoms with van der Waals surface area (Å²) in [6, 6.07) is 10.7. The summed E-state index contributed by atoms with van der Waals surface area (Å²) in [5.74, 6) is 0.446. The Balaban J connectivity index is 1.32. The van der Waals surface area contributed by atoms with Gasteiger partial charge in [0.25, 0.3) is 0 Å². The van der Waals surface area contributed by atoms with Gasteiger partial charge in [-0.1, -0.05) is 18.2 Å². The normalized spacial score (nSPS) is 14.7. The van der Waals surface area contributed by atoms with Crippen molar-refractivity contribution in [2.45, 2.75) is 50.7 Å². The molecule has 0 unspecified atom stereocenters. The van der Waals surface area contributed by atoms with Gasteiger partial charge >= 0.3 is 5.97 Å². The smallest absolute Gasteiger partial charge is 0.326 e. The van der Waals surface area contributed by atoms with Crippen LogP contribution in [-0.4, -0.2) is 81.0 Å². The largest absolute Gasteiger partial charge is 0.480 e. The Morgan fingerprint density at radius 1 is 1.16 bits per heavy atom. The molecule has 0 fully saturated rings. The molecule has 0 amide bonds. The van der Waals surface area contributed by atoms with E-state index in [1.807, 2.05) is 29.2 Å². The molecule has 0 aliphatic carbocycles. The lowest BCUT2D eigenvalue weighted by atomic mass is 10.1. The van der Waals surface area contributed by atoms with Crippen LogP contribution < -0.4 is 10.6 Å².